The highest BCUT2D eigenvalue weighted by molar-refractivity contribution is 5.67. The van der Waals surface area contributed by atoms with Gasteiger partial charge in [0.2, 0.25) is 0 Å². The molecule has 0 unspecified atom stereocenters. The average Bonchev–Trinajstić information content (AvgIpc) is 2.98. The average molecular weight is 340 g/mol. The molecule has 1 aliphatic heterocycles. The van der Waals surface area contributed by atoms with Crippen molar-refractivity contribution in [3.05, 3.63) is 82.2 Å². The molecule has 0 aromatic heterocycles. The zero-order valence-corrected chi connectivity index (χ0v) is 13.2. The van der Waals surface area contributed by atoms with Gasteiger partial charge in [-0.15, -0.1) is 0 Å². The van der Waals surface area contributed by atoms with Gasteiger partial charge < -0.3 is 9.84 Å². The van der Waals surface area contributed by atoms with Crippen molar-refractivity contribution in [2.45, 2.75) is 25.0 Å². The minimum atomic E-state index is -1.21. The lowest BCUT2D eigenvalue weighted by atomic mass is 10.0. The van der Waals surface area contributed by atoms with Crippen molar-refractivity contribution in [3.8, 4) is 0 Å². The fourth-order valence-corrected chi connectivity index (χ4v) is 2.60. The van der Waals surface area contributed by atoms with E-state index in [4.69, 9.17) is 15.1 Å². The smallest absolute Gasteiger partial charge is 0.434 e. The van der Waals surface area contributed by atoms with Crippen molar-refractivity contribution in [3.63, 3.8) is 0 Å². The van der Waals surface area contributed by atoms with Gasteiger partial charge in [0.05, 0.1) is 0 Å². The first kappa shape index (κ1) is 16.8. The summed E-state index contributed by atoms with van der Waals surface area (Å²) in [7, 11) is 0. The first-order valence-electron chi connectivity index (χ1n) is 7.64. The largest absolute Gasteiger partial charge is 0.443 e. The molecule has 0 spiro atoms. The van der Waals surface area contributed by atoms with Gasteiger partial charge in [-0.3, -0.25) is 4.84 Å². The predicted molar refractivity (Wildman–Crippen MR) is 87.7 cm³/mol. The summed E-state index contributed by atoms with van der Waals surface area (Å²) in [4.78, 5) is 20.4. The Morgan fingerprint density at radius 3 is 2.48 bits per heavy atom. The quantitative estimate of drug-likeness (QED) is 0.523. The molecule has 3 rings (SSSR count). The van der Waals surface area contributed by atoms with Crippen molar-refractivity contribution in [2.24, 2.45) is 5.11 Å². The molecule has 1 fully saturated rings. The Kier molecular flexibility index (Phi) is 5.15. The summed E-state index contributed by atoms with van der Waals surface area (Å²) < 4.78 is 5.25. The molecule has 8 nitrogen and oxygen atoms in total. The number of carbonyl (C=O) groups excluding carboxylic acids is 1. The number of hydrogen-bond acceptors (Lipinski definition) is 5. The Balaban J connectivity index is 1.78. The van der Waals surface area contributed by atoms with E-state index in [1.54, 1.807) is 24.3 Å². The topological polar surface area (TPSA) is 108 Å². The van der Waals surface area contributed by atoms with Gasteiger partial charge in [0, 0.05) is 4.91 Å². The molecule has 8 heteroatoms. The number of benzene rings is 2. The summed E-state index contributed by atoms with van der Waals surface area (Å²) in [5.41, 5.74) is 10.1. The van der Waals surface area contributed by atoms with E-state index in [0.717, 1.165) is 10.6 Å². The Morgan fingerprint density at radius 1 is 1.20 bits per heavy atom. The monoisotopic (exact) mass is 340 g/mol. The number of rotatable bonds is 4. The van der Waals surface area contributed by atoms with Gasteiger partial charge in [0.25, 0.3) is 0 Å². The molecule has 25 heavy (non-hydrogen) atoms. The number of aliphatic hydroxyl groups excluding tert-OH is 1. The van der Waals surface area contributed by atoms with Gasteiger partial charge in [-0.2, -0.15) is 5.06 Å². The molecule has 1 saturated heterocycles. The zero-order valence-electron chi connectivity index (χ0n) is 13.2. The summed E-state index contributed by atoms with van der Waals surface area (Å²) in [5.74, 6) is 0. The predicted octanol–water partition coefficient (Wildman–Crippen LogP) is 3.31. The molecule has 1 N–H and O–H groups in total. The van der Waals surface area contributed by atoms with Gasteiger partial charge in [0.15, 0.2) is 6.23 Å². The molecule has 0 radical (unpaired) electrons. The van der Waals surface area contributed by atoms with Crippen molar-refractivity contribution in [1.29, 1.82) is 0 Å². The molecule has 0 aliphatic carbocycles. The second-order valence-electron chi connectivity index (χ2n) is 5.41. The fourth-order valence-electron chi connectivity index (χ4n) is 2.60. The number of nitrogens with zero attached hydrogens (tertiary/aromatic N) is 4. The molecule has 0 saturated carbocycles. The number of ether oxygens (including phenoxy) is 1. The van der Waals surface area contributed by atoms with Gasteiger partial charge in [0.1, 0.15) is 18.8 Å². The summed E-state index contributed by atoms with van der Waals surface area (Å²) in [6, 6.07) is 17.2. The summed E-state index contributed by atoms with van der Waals surface area (Å²) in [6.45, 7) is 0.0589. The van der Waals surface area contributed by atoms with Crippen molar-refractivity contribution < 1.29 is 19.5 Å². The van der Waals surface area contributed by atoms with E-state index in [1.807, 2.05) is 36.4 Å². The highest BCUT2D eigenvalue weighted by Crippen LogP contribution is 2.35. The van der Waals surface area contributed by atoms with Crippen LogP contribution >= 0.6 is 0 Å². The maximum absolute atomic E-state index is 12.4. The van der Waals surface area contributed by atoms with Crippen molar-refractivity contribution in [2.75, 3.05) is 0 Å². The molecule has 1 aliphatic rings. The van der Waals surface area contributed by atoms with E-state index >= 15 is 0 Å². The molecule has 3 atom stereocenters. The van der Waals surface area contributed by atoms with Crippen LogP contribution in [0.4, 0.5) is 4.79 Å². The molecule has 2 aromatic rings. The van der Waals surface area contributed by atoms with Crippen molar-refractivity contribution >= 4 is 6.09 Å². The number of hydrogen-bond donors (Lipinski definition) is 1. The van der Waals surface area contributed by atoms with Crippen LogP contribution in [0.3, 0.4) is 0 Å². The normalized spacial score (nSPS) is 22.3. The molecule has 1 heterocycles. The van der Waals surface area contributed by atoms with Gasteiger partial charge in [-0.25, -0.2) is 4.79 Å². The van der Waals surface area contributed by atoms with E-state index in [-0.39, 0.29) is 6.61 Å². The molecular formula is C17H16N4O4. The Hall–Kier alpha value is -3.06. The van der Waals surface area contributed by atoms with E-state index in [0.29, 0.717) is 5.56 Å². The van der Waals surface area contributed by atoms with Crippen LogP contribution in [-0.4, -0.2) is 28.6 Å². The molecule has 128 valence electrons. The first-order chi connectivity index (χ1) is 12.2. The minimum Gasteiger partial charge on any atom is -0.443 e. The van der Waals surface area contributed by atoms with Crippen LogP contribution in [0.2, 0.25) is 0 Å². The van der Waals surface area contributed by atoms with Gasteiger partial charge in [-0.05, 0) is 16.7 Å². The molecular weight excluding hydrogens is 324 g/mol. The standard InChI is InChI=1S/C17H16N4O4/c18-20-19-16-15(22)14(13-9-5-2-6-10-13)21(25-16)17(23)24-11-12-7-3-1-4-8-12/h1-10,14-16,22H,11H2/t14-,15-,16-/m1/s1. The minimum absolute atomic E-state index is 0.0589. The van der Waals surface area contributed by atoms with E-state index < -0.39 is 24.5 Å². The van der Waals surface area contributed by atoms with Crippen LogP contribution < -0.4 is 0 Å². The lowest BCUT2D eigenvalue weighted by Gasteiger charge is -2.23. The number of azide groups is 1. The molecule has 1 amide bonds. The number of amides is 1. The van der Waals surface area contributed by atoms with E-state index in [1.165, 1.54) is 0 Å². The third-order valence-corrected chi connectivity index (χ3v) is 3.78. The van der Waals surface area contributed by atoms with Crippen LogP contribution in [0.25, 0.3) is 10.4 Å². The summed E-state index contributed by atoms with van der Waals surface area (Å²) in [5, 5.41) is 14.7. The van der Waals surface area contributed by atoms with Crippen LogP contribution in [-0.2, 0) is 16.2 Å². The lowest BCUT2D eigenvalue weighted by Crippen LogP contribution is -2.32. The third-order valence-electron chi connectivity index (χ3n) is 3.78. The molecule has 0 bridgehead atoms. The summed E-state index contributed by atoms with van der Waals surface area (Å²) in [6.07, 6.45) is -3.19. The Labute approximate surface area is 143 Å². The van der Waals surface area contributed by atoms with Crippen LogP contribution in [0, 0.1) is 0 Å². The highest BCUT2D eigenvalue weighted by Gasteiger charge is 2.46. The second kappa shape index (κ2) is 7.67. The van der Waals surface area contributed by atoms with Crippen LogP contribution in [0.1, 0.15) is 17.2 Å². The van der Waals surface area contributed by atoms with Gasteiger partial charge in [-0.1, -0.05) is 65.8 Å². The second-order valence-corrected chi connectivity index (χ2v) is 5.41. The number of aliphatic hydroxyl groups is 1. The lowest BCUT2D eigenvalue weighted by molar-refractivity contribution is -0.141. The third kappa shape index (κ3) is 3.72. The van der Waals surface area contributed by atoms with Crippen LogP contribution in [0.5, 0.6) is 0 Å². The Bertz CT molecular complexity index is 765. The van der Waals surface area contributed by atoms with E-state index in [9.17, 15) is 9.90 Å². The fraction of sp³-hybridized carbons (Fsp3) is 0.235. The Morgan fingerprint density at radius 2 is 1.84 bits per heavy atom. The highest BCUT2D eigenvalue weighted by atomic mass is 16.8. The zero-order chi connectivity index (χ0) is 17.6. The first-order valence-corrected chi connectivity index (χ1v) is 7.64. The maximum atomic E-state index is 12.4. The maximum Gasteiger partial charge on any atom is 0.434 e. The van der Waals surface area contributed by atoms with E-state index in [2.05, 4.69) is 10.0 Å². The van der Waals surface area contributed by atoms with Crippen molar-refractivity contribution in [1.82, 2.24) is 5.06 Å². The van der Waals surface area contributed by atoms with Gasteiger partial charge >= 0.3 is 6.09 Å². The number of carbonyl (C=O) groups is 1. The SMILES string of the molecule is [N-]=[N+]=N[C@@H]1ON(C(=O)OCc2ccccc2)[C@H](c2ccccc2)[C@H]1O. The van der Waals surface area contributed by atoms with Crippen LogP contribution in [0.15, 0.2) is 65.8 Å². The summed E-state index contributed by atoms with van der Waals surface area (Å²) >= 11 is 0. The number of hydroxylamine groups is 2. The molecule has 2 aromatic carbocycles.